The molecule has 0 radical (unpaired) electrons. The number of hydrogen-bond donors (Lipinski definition) is 1. The van der Waals surface area contributed by atoms with Crippen molar-refractivity contribution in [3.8, 4) is 0 Å². The lowest BCUT2D eigenvalue weighted by atomic mass is 10.2. The molecule has 0 amide bonds. The van der Waals surface area contributed by atoms with E-state index in [0.717, 1.165) is 16.0 Å². The molecule has 0 bridgehead atoms. The van der Waals surface area contributed by atoms with Gasteiger partial charge in [0.25, 0.3) is 0 Å². The lowest BCUT2D eigenvalue weighted by Gasteiger charge is -2.22. The minimum Gasteiger partial charge on any atom is -0.383 e. The highest BCUT2D eigenvalue weighted by Gasteiger charge is 2.15. The van der Waals surface area contributed by atoms with Crippen LogP contribution in [-0.2, 0) is 6.54 Å². The fraction of sp³-hybridized carbons (Fsp3) is 0.286. The highest BCUT2D eigenvalue weighted by Crippen LogP contribution is 2.26. The standard InChI is InChI=1S/C14H16N4S2/c1-9(11-4-3-6-19-11)18(2)8-12-16-13(15)10-5-7-20-14(10)17-12/h3-7,9H,8H2,1-2H3,(H2,15,16,17). The Morgan fingerprint density at radius 3 is 2.85 bits per heavy atom. The van der Waals surface area contributed by atoms with Crippen LogP contribution < -0.4 is 5.73 Å². The van der Waals surface area contributed by atoms with E-state index in [9.17, 15) is 0 Å². The predicted molar refractivity (Wildman–Crippen MR) is 86.0 cm³/mol. The van der Waals surface area contributed by atoms with Gasteiger partial charge in [-0.3, -0.25) is 4.90 Å². The Balaban J connectivity index is 1.82. The number of aromatic nitrogens is 2. The first-order chi connectivity index (χ1) is 9.65. The number of thiophene rings is 2. The van der Waals surface area contributed by atoms with E-state index in [1.165, 1.54) is 4.88 Å². The first kappa shape index (κ1) is 13.5. The molecule has 0 aliphatic rings. The largest absolute Gasteiger partial charge is 0.383 e. The van der Waals surface area contributed by atoms with Crippen molar-refractivity contribution in [2.75, 3.05) is 12.8 Å². The van der Waals surface area contributed by atoms with E-state index in [0.29, 0.717) is 18.4 Å². The molecule has 0 aliphatic carbocycles. The average molecular weight is 304 g/mol. The molecule has 3 rings (SSSR count). The van der Waals surface area contributed by atoms with Crippen molar-refractivity contribution in [2.24, 2.45) is 0 Å². The van der Waals surface area contributed by atoms with E-state index in [1.807, 2.05) is 11.4 Å². The van der Waals surface area contributed by atoms with Gasteiger partial charge in [0.15, 0.2) is 0 Å². The van der Waals surface area contributed by atoms with Gasteiger partial charge >= 0.3 is 0 Å². The van der Waals surface area contributed by atoms with Crippen LogP contribution in [0.2, 0.25) is 0 Å². The van der Waals surface area contributed by atoms with Crippen molar-refractivity contribution in [2.45, 2.75) is 19.5 Å². The minimum atomic E-state index is 0.346. The summed E-state index contributed by atoms with van der Waals surface area (Å²) in [7, 11) is 2.09. The molecule has 4 nitrogen and oxygen atoms in total. The quantitative estimate of drug-likeness (QED) is 0.801. The third kappa shape index (κ3) is 2.54. The molecule has 0 saturated carbocycles. The summed E-state index contributed by atoms with van der Waals surface area (Å²) in [6.45, 7) is 2.88. The normalized spacial score (nSPS) is 13.2. The monoisotopic (exact) mass is 304 g/mol. The van der Waals surface area contributed by atoms with E-state index in [4.69, 9.17) is 5.73 Å². The Kier molecular flexibility index (Phi) is 3.69. The molecule has 1 unspecified atom stereocenters. The molecule has 3 aromatic heterocycles. The molecule has 2 N–H and O–H groups in total. The Labute approximate surface area is 125 Å². The fourth-order valence-corrected chi connectivity index (χ4v) is 3.74. The first-order valence-electron chi connectivity index (χ1n) is 6.38. The second kappa shape index (κ2) is 5.47. The van der Waals surface area contributed by atoms with E-state index < -0.39 is 0 Å². The Morgan fingerprint density at radius 1 is 1.25 bits per heavy atom. The summed E-state index contributed by atoms with van der Waals surface area (Å²) in [5.74, 6) is 1.35. The molecular formula is C14H16N4S2. The molecule has 0 spiro atoms. The number of hydrogen-bond acceptors (Lipinski definition) is 6. The molecule has 1 atom stereocenters. The third-order valence-electron chi connectivity index (χ3n) is 3.41. The van der Waals surface area contributed by atoms with Gasteiger partial charge in [-0.1, -0.05) is 6.07 Å². The van der Waals surface area contributed by atoms with Crippen molar-refractivity contribution in [3.63, 3.8) is 0 Å². The summed E-state index contributed by atoms with van der Waals surface area (Å²) in [4.78, 5) is 13.5. The molecule has 0 fully saturated rings. The SMILES string of the molecule is CC(c1cccs1)N(C)Cc1nc(N)c2ccsc2n1. The zero-order valence-electron chi connectivity index (χ0n) is 11.4. The lowest BCUT2D eigenvalue weighted by Crippen LogP contribution is -2.22. The van der Waals surface area contributed by atoms with E-state index in [2.05, 4.69) is 46.4 Å². The van der Waals surface area contributed by atoms with Gasteiger partial charge in [-0.15, -0.1) is 22.7 Å². The van der Waals surface area contributed by atoms with Crippen molar-refractivity contribution in [1.82, 2.24) is 14.9 Å². The van der Waals surface area contributed by atoms with Gasteiger partial charge in [0, 0.05) is 10.9 Å². The smallest absolute Gasteiger partial charge is 0.146 e. The van der Waals surface area contributed by atoms with Gasteiger partial charge in [-0.25, -0.2) is 9.97 Å². The number of nitrogens with zero attached hydrogens (tertiary/aromatic N) is 3. The molecule has 0 aromatic carbocycles. The summed E-state index contributed by atoms with van der Waals surface area (Å²) in [5.41, 5.74) is 5.99. The Hall–Kier alpha value is -1.50. The fourth-order valence-electron chi connectivity index (χ4n) is 2.10. The van der Waals surface area contributed by atoms with Gasteiger partial charge in [0.1, 0.15) is 16.5 Å². The Morgan fingerprint density at radius 2 is 2.10 bits per heavy atom. The number of anilines is 1. The van der Waals surface area contributed by atoms with Crippen LogP contribution in [0.25, 0.3) is 10.2 Å². The molecule has 0 aliphatic heterocycles. The predicted octanol–water partition coefficient (Wildman–Crippen LogP) is 3.53. The zero-order chi connectivity index (χ0) is 14.1. The van der Waals surface area contributed by atoms with Gasteiger partial charge in [-0.05, 0) is 36.9 Å². The lowest BCUT2D eigenvalue weighted by molar-refractivity contribution is 0.250. The highest BCUT2D eigenvalue weighted by atomic mass is 32.1. The highest BCUT2D eigenvalue weighted by molar-refractivity contribution is 7.16. The van der Waals surface area contributed by atoms with Crippen LogP contribution in [0, 0.1) is 0 Å². The summed E-state index contributed by atoms with van der Waals surface area (Å²) in [5, 5.41) is 5.05. The van der Waals surface area contributed by atoms with Crippen molar-refractivity contribution < 1.29 is 0 Å². The van der Waals surface area contributed by atoms with Gasteiger partial charge < -0.3 is 5.73 Å². The maximum absolute atomic E-state index is 5.99. The van der Waals surface area contributed by atoms with Crippen molar-refractivity contribution in [1.29, 1.82) is 0 Å². The van der Waals surface area contributed by atoms with Gasteiger partial charge in [0.2, 0.25) is 0 Å². The first-order valence-corrected chi connectivity index (χ1v) is 8.14. The van der Waals surface area contributed by atoms with Crippen LogP contribution in [0.15, 0.2) is 29.0 Å². The number of fused-ring (bicyclic) bond motifs is 1. The van der Waals surface area contributed by atoms with Crippen LogP contribution in [0.3, 0.4) is 0 Å². The van der Waals surface area contributed by atoms with Crippen LogP contribution in [0.5, 0.6) is 0 Å². The molecule has 3 aromatic rings. The third-order valence-corrected chi connectivity index (χ3v) is 5.26. The maximum atomic E-state index is 5.99. The van der Waals surface area contributed by atoms with Crippen LogP contribution in [0.1, 0.15) is 23.7 Å². The maximum Gasteiger partial charge on any atom is 0.146 e. The average Bonchev–Trinajstić information content (AvgIpc) is 3.08. The van der Waals surface area contributed by atoms with Crippen LogP contribution >= 0.6 is 22.7 Å². The van der Waals surface area contributed by atoms with E-state index in [1.54, 1.807) is 22.7 Å². The van der Waals surface area contributed by atoms with Crippen molar-refractivity contribution in [3.05, 3.63) is 39.7 Å². The second-order valence-corrected chi connectivity index (χ2v) is 6.64. The van der Waals surface area contributed by atoms with Gasteiger partial charge in [-0.2, -0.15) is 0 Å². The molecule has 3 heterocycles. The minimum absolute atomic E-state index is 0.346. The molecule has 104 valence electrons. The summed E-state index contributed by atoms with van der Waals surface area (Å²) < 4.78 is 0. The van der Waals surface area contributed by atoms with Crippen molar-refractivity contribution >= 4 is 38.7 Å². The molecule has 0 saturated heterocycles. The van der Waals surface area contributed by atoms with Crippen LogP contribution in [0.4, 0.5) is 5.82 Å². The number of nitrogens with two attached hydrogens (primary N) is 1. The van der Waals surface area contributed by atoms with E-state index >= 15 is 0 Å². The summed E-state index contributed by atoms with van der Waals surface area (Å²) >= 11 is 3.37. The zero-order valence-corrected chi connectivity index (χ0v) is 13.0. The molecular weight excluding hydrogens is 288 g/mol. The number of nitrogen functional groups attached to an aromatic ring is 1. The second-order valence-electron chi connectivity index (χ2n) is 4.77. The Bertz CT molecular complexity index is 705. The number of rotatable bonds is 4. The topological polar surface area (TPSA) is 55.0 Å². The summed E-state index contributed by atoms with van der Waals surface area (Å²) in [6, 6.07) is 6.55. The summed E-state index contributed by atoms with van der Waals surface area (Å²) in [6.07, 6.45) is 0. The van der Waals surface area contributed by atoms with Crippen LogP contribution in [-0.4, -0.2) is 21.9 Å². The molecule has 20 heavy (non-hydrogen) atoms. The van der Waals surface area contributed by atoms with Gasteiger partial charge in [0.05, 0.1) is 11.9 Å². The molecule has 6 heteroatoms. The van der Waals surface area contributed by atoms with E-state index in [-0.39, 0.29) is 0 Å².